The summed E-state index contributed by atoms with van der Waals surface area (Å²) in [4.78, 5) is 77.6. The molecule has 18 rings (SSSR count). The summed E-state index contributed by atoms with van der Waals surface area (Å²) in [6.07, 6.45) is 22.0. The van der Waals surface area contributed by atoms with Crippen molar-refractivity contribution in [2.24, 2.45) is 0 Å². The third-order valence-electron chi connectivity index (χ3n) is 23.4. The van der Waals surface area contributed by atoms with Gasteiger partial charge in [-0.05, 0) is 156 Å². The third kappa shape index (κ3) is 18.9. The van der Waals surface area contributed by atoms with Gasteiger partial charge in [0.25, 0.3) is 0 Å². The monoisotopic (exact) mass is 1700 g/mol. The molecule has 1 aliphatic carbocycles. The number of carbonyl (C=O) groups is 3. The van der Waals surface area contributed by atoms with Crippen LogP contribution in [0.5, 0.6) is 34.5 Å². The van der Waals surface area contributed by atoms with Crippen molar-refractivity contribution in [2.45, 2.75) is 81.2 Å². The Kier molecular flexibility index (Phi) is 26.2. The summed E-state index contributed by atoms with van der Waals surface area (Å²) in [6, 6.07) is 49.4. The summed E-state index contributed by atoms with van der Waals surface area (Å²) in [7, 11) is 6.22. The summed E-state index contributed by atoms with van der Waals surface area (Å²) >= 11 is 21.2. The lowest BCUT2D eigenvalue weighted by molar-refractivity contribution is -0.125. The topological polar surface area (TPSA) is 287 Å². The first-order valence-corrected chi connectivity index (χ1v) is 42.2. The van der Waals surface area contributed by atoms with Crippen LogP contribution in [0.4, 0.5) is 21.8 Å². The number of ether oxygens (including phenoxy) is 5. The van der Waals surface area contributed by atoms with Crippen molar-refractivity contribution in [3.63, 3.8) is 0 Å². The van der Waals surface area contributed by atoms with Crippen LogP contribution in [-0.2, 0) is 23.9 Å². The smallest absolute Gasteiger partial charge is 0.246 e. The molecule has 630 valence electrons. The van der Waals surface area contributed by atoms with E-state index >= 15 is 0 Å². The summed E-state index contributed by atoms with van der Waals surface area (Å²) in [5, 5.41) is 3.62. The van der Waals surface area contributed by atoms with Crippen molar-refractivity contribution in [3.05, 3.63) is 234 Å². The maximum Gasteiger partial charge on any atom is 0.246 e. The van der Waals surface area contributed by atoms with Gasteiger partial charge in [-0.15, -0.1) is 0 Å². The van der Waals surface area contributed by atoms with E-state index in [2.05, 4.69) is 65.7 Å². The van der Waals surface area contributed by atoms with Crippen LogP contribution in [-0.4, -0.2) is 215 Å². The van der Waals surface area contributed by atoms with E-state index < -0.39 is 0 Å². The van der Waals surface area contributed by atoms with Gasteiger partial charge in [0.2, 0.25) is 17.7 Å². The predicted octanol–water partition coefficient (Wildman–Crippen LogP) is 16.0. The number of halogens is 4. The number of likely N-dealkylation sites (tertiary alicyclic amines) is 3. The number of nitrogens with two attached hydrogens (primary N) is 3. The van der Waals surface area contributed by atoms with E-state index in [-0.39, 0.29) is 41.7 Å². The average Bonchev–Trinajstić information content (AvgIpc) is 1.60. The predicted molar refractivity (Wildman–Crippen MR) is 474 cm³/mol. The number of nitrogens with zero attached hydrogens (tertiary/aromatic N) is 15. The molecule has 30 heteroatoms. The van der Waals surface area contributed by atoms with Crippen molar-refractivity contribution in [3.8, 4) is 67.9 Å². The number of hydrogen-bond donors (Lipinski definition) is 3. The van der Waals surface area contributed by atoms with Crippen molar-refractivity contribution in [1.29, 1.82) is 0 Å². The first-order chi connectivity index (χ1) is 59.4. The van der Waals surface area contributed by atoms with Crippen LogP contribution in [0.3, 0.4) is 0 Å². The largest absolute Gasteiger partial charge is 0.457 e. The number of rotatable bonds is 24. The second-order valence-corrected chi connectivity index (χ2v) is 32.5. The standard InChI is InChI=1S/2C31H33ClN6O3.C30H30ClFN6O2/c2*1-36(23-14-17-40-19-23)15-5-8-26(39)37-16-13-22(18-37)38-29(32)27(28-30(33)34-20-35-31(28)38)21-9-11-25(12-10-21)41-24-6-3-2-4-7-24;1-36(21-9-10-21)14-3-6-25(39)37-15-13-22(17-37)38-28(31)26(27-29(33)34-18-35-30(27)38)19-7-11-23(12-8-19)40-24-5-2-4-20(32)16-24/h2*2-12,20,22-23H,13-19H2,1H3,(H2,33,34,35);2-8,11-12,16,18,21-22H,9-10,13-15,17H2,1H3,(H2,33,34,35)/b2*8-5+;6-3+/t22-,23+;22-,23-;22-/m111/s1. The Bertz CT molecular complexity index is 5570. The summed E-state index contributed by atoms with van der Waals surface area (Å²) < 4.78 is 48.2. The van der Waals surface area contributed by atoms with Crippen LogP contribution >= 0.6 is 34.8 Å². The van der Waals surface area contributed by atoms with E-state index in [1.807, 2.05) is 168 Å². The molecule has 122 heavy (non-hydrogen) atoms. The molecule has 0 spiro atoms. The van der Waals surface area contributed by atoms with Gasteiger partial charge in [0.05, 0.1) is 47.5 Å². The number of nitrogen functional groups attached to an aromatic ring is 3. The minimum absolute atomic E-state index is 0.000441. The number of amides is 3. The molecule has 5 aliphatic heterocycles. The fourth-order valence-electron chi connectivity index (χ4n) is 16.6. The molecule has 11 heterocycles. The van der Waals surface area contributed by atoms with Gasteiger partial charge in [-0.3, -0.25) is 29.1 Å². The van der Waals surface area contributed by atoms with Crippen molar-refractivity contribution >= 4 is 103 Å². The normalized spacial score (nSPS) is 18.6. The molecule has 12 aromatic rings. The lowest BCUT2D eigenvalue weighted by Gasteiger charge is -2.21. The van der Waals surface area contributed by atoms with Gasteiger partial charge in [-0.1, -0.05) is 132 Å². The first-order valence-electron chi connectivity index (χ1n) is 41.1. The Morgan fingerprint density at radius 2 is 0.738 bits per heavy atom. The SMILES string of the molecule is CN(C/C=C/C(=O)N1CC[C@@H](n2c(Cl)c(-c3ccc(Oc4cccc(F)c4)cc3)c3c(N)ncnc32)C1)C1CC1.CN(C/C=C/C(=O)N1CC[C@@H](n2c(Cl)c(-c3ccc(Oc4ccccc4)cc3)c3c(N)ncnc32)C1)[C@@H]1CCOC1.CN(C/C=C/C(=O)N1CC[C@@H](n2c(Cl)c(-c3ccc(Oc4ccccc4)cc3)c3c(N)ncnc32)C1)[C@H]1CCOC1. The number of aromatic nitrogens is 9. The highest BCUT2D eigenvalue weighted by Crippen LogP contribution is 2.48. The number of carbonyl (C=O) groups excluding carboxylic acids is 3. The molecule has 1 saturated carbocycles. The molecule has 6 fully saturated rings. The van der Waals surface area contributed by atoms with Gasteiger partial charge in [0, 0.05) is 131 Å². The van der Waals surface area contributed by atoms with Crippen molar-refractivity contribution in [2.75, 3.05) is 124 Å². The minimum Gasteiger partial charge on any atom is -0.457 e. The van der Waals surface area contributed by atoms with Gasteiger partial charge in [-0.2, -0.15) is 0 Å². The molecular formula is C92H96Cl3FN18O8. The second-order valence-electron chi connectivity index (χ2n) is 31.4. The van der Waals surface area contributed by atoms with Crippen LogP contribution in [0.1, 0.15) is 63.1 Å². The van der Waals surface area contributed by atoms with Gasteiger partial charge in [-0.25, -0.2) is 34.3 Å². The Labute approximate surface area is 721 Å². The van der Waals surface area contributed by atoms with Crippen LogP contribution < -0.4 is 31.4 Å². The average molecular weight is 1710 g/mol. The molecule has 26 nitrogen and oxygen atoms in total. The molecule has 0 unspecified atom stereocenters. The highest BCUT2D eigenvalue weighted by Gasteiger charge is 2.37. The number of benzene rings is 6. The van der Waals surface area contributed by atoms with E-state index in [4.69, 9.17) is 75.7 Å². The zero-order valence-corrected chi connectivity index (χ0v) is 70.3. The van der Waals surface area contributed by atoms with Crippen LogP contribution in [0, 0.1) is 5.82 Å². The first kappa shape index (κ1) is 83.8. The number of likely N-dealkylation sites (N-methyl/N-ethyl adjacent to an activating group) is 3. The quantitative estimate of drug-likeness (QED) is 0.0474. The van der Waals surface area contributed by atoms with E-state index in [0.717, 1.165) is 110 Å². The fraction of sp³-hybridized carbons (Fsp3) is 0.315. The zero-order valence-electron chi connectivity index (χ0n) is 68.0. The molecular weight excluding hydrogens is 1610 g/mol. The van der Waals surface area contributed by atoms with E-state index in [1.165, 1.54) is 44.0 Å². The molecule has 6 N–H and O–H groups in total. The zero-order chi connectivity index (χ0) is 84.5. The van der Waals surface area contributed by atoms with Gasteiger partial charge in [0.15, 0.2) is 0 Å². The number of para-hydroxylation sites is 2. The van der Waals surface area contributed by atoms with Crippen molar-refractivity contribution in [1.82, 2.24) is 73.0 Å². The maximum absolute atomic E-state index is 13.5. The molecule has 0 bridgehead atoms. The van der Waals surface area contributed by atoms with Crippen LogP contribution in [0.2, 0.25) is 15.5 Å². The lowest BCUT2D eigenvalue weighted by atomic mass is 10.1. The van der Waals surface area contributed by atoms with E-state index in [9.17, 15) is 18.8 Å². The summed E-state index contributed by atoms with van der Waals surface area (Å²) in [5.74, 6) is 4.60. The fourth-order valence-corrected chi connectivity index (χ4v) is 17.9. The van der Waals surface area contributed by atoms with Crippen LogP contribution in [0.15, 0.2) is 213 Å². The molecule has 5 atom stereocenters. The Morgan fingerprint density at radius 1 is 0.418 bits per heavy atom. The van der Waals surface area contributed by atoms with Gasteiger partial charge in [0.1, 0.15) is 109 Å². The summed E-state index contributed by atoms with van der Waals surface area (Å²) in [5.41, 5.74) is 25.9. The van der Waals surface area contributed by atoms with Crippen molar-refractivity contribution < 1.29 is 42.5 Å². The Morgan fingerprint density at radius 3 is 1.06 bits per heavy atom. The highest BCUT2D eigenvalue weighted by molar-refractivity contribution is 6.36. The lowest BCUT2D eigenvalue weighted by Crippen LogP contribution is -2.32. The van der Waals surface area contributed by atoms with Crippen LogP contribution in [0.25, 0.3) is 66.5 Å². The molecule has 5 saturated heterocycles. The number of fused-ring (bicyclic) bond motifs is 3. The van der Waals surface area contributed by atoms with Gasteiger partial charge >= 0.3 is 0 Å². The molecule has 6 aromatic carbocycles. The van der Waals surface area contributed by atoms with Gasteiger partial charge < -0.3 is 69.3 Å². The third-order valence-corrected chi connectivity index (χ3v) is 24.5. The molecule has 6 aliphatic rings. The minimum atomic E-state index is -0.367. The maximum atomic E-state index is 13.5. The molecule has 3 amide bonds. The second kappa shape index (κ2) is 38.1. The molecule has 6 aromatic heterocycles. The number of anilines is 3. The van der Waals surface area contributed by atoms with E-state index in [1.54, 1.807) is 42.5 Å². The van der Waals surface area contributed by atoms with E-state index in [0.29, 0.717) is 159 Å². The highest BCUT2D eigenvalue weighted by atomic mass is 35.5. The Hall–Kier alpha value is -11.8. The number of hydrogen-bond acceptors (Lipinski definition) is 20. The Balaban J connectivity index is 0.000000136. The summed E-state index contributed by atoms with van der Waals surface area (Å²) in [6.45, 7) is 8.78. The molecule has 0 radical (unpaired) electrons.